The molecule has 0 amide bonds. The van der Waals surface area contributed by atoms with E-state index in [1.54, 1.807) is 7.11 Å². The van der Waals surface area contributed by atoms with Gasteiger partial charge in [0, 0.05) is 6.54 Å². The van der Waals surface area contributed by atoms with Crippen LogP contribution in [-0.2, 0) is 6.54 Å². The maximum absolute atomic E-state index is 6.35. The van der Waals surface area contributed by atoms with Crippen LogP contribution in [-0.4, -0.2) is 19.8 Å². The lowest BCUT2D eigenvalue weighted by atomic mass is 10.1. The number of halogens is 1. The van der Waals surface area contributed by atoms with E-state index in [-0.39, 0.29) is 6.10 Å². The minimum Gasteiger partial charge on any atom is -0.493 e. The molecule has 0 heterocycles. The summed E-state index contributed by atoms with van der Waals surface area (Å²) < 4.78 is 11.4. The summed E-state index contributed by atoms with van der Waals surface area (Å²) in [5.74, 6) is 1.34. The van der Waals surface area contributed by atoms with Crippen molar-refractivity contribution in [3.05, 3.63) is 34.9 Å². The van der Waals surface area contributed by atoms with Gasteiger partial charge in [-0.2, -0.15) is 0 Å². The van der Waals surface area contributed by atoms with Gasteiger partial charge in [-0.15, -0.1) is 0 Å². The van der Waals surface area contributed by atoms with E-state index < -0.39 is 0 Å². The third-order valence-corrected chi connectivity index (χ3v) is 3.63. The van der Waals surface area contributed by atoms with Crippen molar-refractivity contribution in [2.45, 2.75) is 38.8 Å². The van der Waals surface area contributed by atoms with E-state index in [9.17, 15) is 0 Å². The molecule has 1 aromatic carbocycles. The van der Waals surface area contributed by atoms with Gasteiger partial charge in [-0.1, -0.05) is 24.6 Å². The van der Waals surface area contributed by atoms with Crippen molar-refractivity contribution < 1.29 is 9.47 Å². The van der Waals surface area contributed by atoms with Crippen LogP contribution in [0.5, 0.6) is 11.5 Å². The van der Waals surface area contributed by atoms with Gasteiger partial charge in [0.25, 0.3) is 0 Å². The summed E-state index contributed by atoms with van der Waals surface area (Å²) in [6.07, 6.45) is 7.66. The Labute approximate surface area is 125 Å². The fraction of sp³-hybridized carbons (Fsp3) is 0.500. The third-order valence-electron chi connectivity index (χ3n) is 3.35. The highest BCUT2D eigenvalue weighted by Crippen LogP contribution is 2.38. The molecular formula is C16H22ClNO2. The largest absolute Gasteiger partial charge is 0.493 e. The predicted octanol–water partition coefficient (Wildman–Crippen LogP) is 3.95. The number of methoxy groups -OCH3 is 1. The standard InChI is InChI=1S/C16H22ClNO2/c1-3-18-11-12-9-14(17)16(15(10-12)19-2)20-13-7-5-4-6-8-13/h5,7,9-10,13,18H,3-4,6,8,11H2,1-2H3. The number of ether oxygens (including phenoxy) is 2. The van der Waals surface area contributed by atoms with Gasteiger partial charge in [-0.25, -0.2) is 0 Å². The molecule has 1 atom stereocenters. The molecular weight excluding hydrogens is 274 g/mol. The molecule has 20 heavy (non-hydrogen) atoms. The smallest absolute Gasteiger partial charge is 0.180 e. The molecule has 2 rings (SSSR count). The summed E-state index contributed by atoms with van der Waals surface area (Å²) in [5.41, 5.74) is 1.10. The first-order chi connectivity index (χ1) is 9.74. The van der Waals surface area contributed by atoms with Crippen molar-refractivity contribution >= 4 is 11.6 Å². The number of nitrogens with one attached hydrogen (secondary N) is 1. The van der Waals surface area contributed by atoms with Crippen LogP contribution < -0.4 is 14.8 Å². The van der Waals surface area contributed by atoms with Crippen LogP contribution in [0.3, 0.4) is 0 Å². The molecule has 1 aromatic rings. The lowest BCUT2D eigenvalue weighted by molar-refractivity contribution is 0.219. The lowest BCUT2D eigenvalue weighted by Gasteiger charge is -2.21. The molecule has 0 saturated heterocycles. The first-order valence-electron chi connectivity index (χ1n) is 7.15. The fourth-order valence-corrected chi connectivity index (χ4v) is 2.57. The summed E-state index contributed by atoms with van der Waals surface area (Å²) in [6.45, 7) is 3.77. The molecule has 0 spiro atoms. The van der Waals surface area contributed by atoms with Crippen molar-refractivity contribution in [2.24, 2.45) is 0 Å². The van der Waals surface area contributed by atoms with Gasteiger partial charge < -0.3 is 14.8 Å². The molecule has 1 unspecified atom stereocenters. The summed E-state index contributed by atoms with van der Waals surface area (Å²) in [6, 6.07) is 3.92. The van der Waals surface area contributed by atoms with E-state index in [4.69, 9.17) is 21.1 Å². The van der Waals surface area contributed by atoms with E-state index >= 15 is 0 Å². The first-order valence-corrected chi connectivity index (χ1v) is 7.52. The molecule has 1 aliphatic carbocycles. The lowest BCUT2D eigenvalue weighted by Crippen LogP contribution is -2.17. The van der Waals surface area contributed by atoms with Crippen LogP contribution in [0.25, 0.3) is 0 Å². The summed E-state index contributed by atoms with van der Waals surface area (Å²) >= 11 is 6.35. The molecule has 1 aliphatic rings. The number of benzene rings is 1. The maximum atomic E-state index is 6.35. The predicted molar refractivity (Wildman–Crippen MR) is 82.8 cm³/mol. The van der Waals surface area contributed by atoms with Crippen molar-refractivity contribution in [3.63, 3.8) is 0 Å². The van der Waals surface area contributed by atoms with Gasteiger partial charge in [0.05, 0.1) is 12.1 Å². The van der Waals surface area contributed by atoms with E-state index in [0.717, 1.165) is 37.9 Å². The zero-order chi connectivity index (χ0) is 14.4. The Hall–Kier alpha value is -1.19. The quantitative estimate of drug-likeness (QED) is 0.806. The van der Waals surface area contributed by atoms with E-state index in [2.05, 4.69) is 24.4 Å². The normalized spacial score (nSPS) is 18.1. The maximum Gasteiger partial charge on any atom is 0.180 e. The Balaban J connectivity index is 2.18. The molecule has 4 heteroatoms. The topological polar surface area (TPSA) is 30.5 Å². The zero-order valence-electron chi connectivity index (χ0n) is 12.1. The number of hydrogen-bond donors (Lipinski definition) is 1. The summed E-state index contributed by atoms with van der Waals surface area (Å²) in [7, 11) is 1.65. The summed E-state index contributed by atoms with van der Waals surface area (Å²) in [5, 5.41) is 3.89. The fourth-order valence-electron chi connectivity index (χ4n) is 2.29. The van der Waals surface area contributed by atoms with Crippen LogP contribution in [0.1, 0.15) is 31.7 Å². The van der Waals surface area contributed by atoms with Gasteiger partial charge in [-0.3, -0.25) is 0 Å². The summed E-state index contributed by atoms with van der Waals surface area (Å²) in [4.78, 5) is 0. The van der Waals surface area contributed by atoms with Crippen molar-refractivity contribution in [2.75, 3.05) is 13.7 Å². The number of rotatable bonds is 6. The molecule has 0 saturated carbocycles. The minimum absolute atomic E-state index is 0.0924. The average molecular weight is 296 g/mol. The Bertz CT molecular complexity index is 474. The Morgan fingerprint density at radius 1 is 1.40 bits per heavy atom. The highest BCUT2D eigenvalue weighted by molar-refractivity contribution is 6.32. The highest BCUT2D eigenvalue weighted by Gasteiger charge is 2.17. The molecule has 3 nitrogen and oxygen atoms in total. The second kappa shape index (κ2) is 7.55. The second-order valence-corrected chi connectivity index (χ2v) is 5.31. The number of hydrogen-bond acceptors (Lipinski definition) is 3. The first kappa shape index (κ1) is 15.2. The van der Waals surface area contributed by atoms with Crippen LogP contribution >= 0.6 is 11.6 Å². The Kier molecular flexibility index (Phi) is 5.74. The van der Waals surface area contributed by atoms with Gasteiger partial charge in [0.1, 0.15) is 6.10 Å². The molecule has 0 aliphatic heterocycles. The van der Waals surface area contributed by atoms with E-state index in [0.29, 0.717) is 16.5 Å². The number of allylic oxidation sites excluding steroid dienone is 1. The van der Waals surface area contributed by atoms with Gasteiger partial charge >= 0.3 is 0 Å². The molecule has 0 fully saturated rings. The zero-order valence-corrected chi connectivity index (χ0v) is 12.9. The van der Waals surface area contributed by atoms with Crippen molar-refractivity contribution in [1.29, 1.82) is 0 Å². The molecule has 0 radical (unpaired) electrons. The van der Waals surface area contributed by atoms with Crippen LogP contribution in [0.4, 0.5) is 0 Å². The van der Waals surface area contributed by atoms with Crippen LogP contribution in [0, 0.1) is 0 Å². The van der Waals surface area contributed by atoms with Gasteiger partial charge in [0.15, 0.2) is 11.5 Å². The average Bonchev–Trinajstić information content (AvgIpc) is 2.48. The molecule has 0 aromatic heterocycles. The van der Waals surface area contributed by atoms with Crippen molar-refractivity contribution in [3.8, 4) is 11.5 Å². The SMILES string of the molecule is CCNCc1cc(Cl)c(OC2C=CCCC2)c(OC)c1. The molecule has 0 bridgehead atoms. The van der Waals surface area contributed by atoms with E-state index in [1.165, 1.54) is 0 Å². The van der Waals surface area contributed by atoms with E-state index in [1.807, 2.05) is 12.1 Å². The highest BCUT2D eigenvalue weighted by atomic mass is 35.5. The minimum atomic E-state index is 0.0924. The Morgan fingerprint density at radius 2 is 2.25 bits per heavy atom. The molecule has 110 valence electrons. The molecule has 1 N–H and O–H groups in total. The second-order valence-electron chi connectivity index (χ2n) is 4.90. The van der Waals surface area contributed by atoms with Crippen molar-refractivity contribution in [1.82, 2.24) is 5.32 Å². The Morgan fingerprint density at radius 3 is 2.90 bits per heavy atom. The van der Waals surface area contributed by atoms with Gasteiger partial charge in [-0.05, 0) is 49.6 Å². The van der Waals surface area contributed by atoms with Gasteiger partial charge in [0.2, 0.25) is 0 Å². The monoisotopic (exact) mass is 295 g/mol. The van der Waals surface area contributed by atoms with Crippen LogP contribution in [0.15, 0.2) is 24.3 Å². The van der Waals surface area contributed by atoms with Crippen LogP contribution in [0.2, 0.25) is 5.02 Å². The third kappa shape index (κ3) is 3.90.